The van der Waals surface area contributed by atoms with Crippen LogP contribution in [0.15, 0.2) is 0 Å². The summed E-state index contributed by atoms with van der Waals surface area (Å²) in [5, 5.41) is 0. The van der Waals surface area contributed by atoms with Gasteiger partial charge in [-0.2, -0.15) is 0 Å². The summed E-state index contributed by atoms with van der Waals surface area (Å²) in [6.45, 7) is 2.33. The fourth-order valence-electron chi connectivity index (χ4n) is 2.77. The van der Waals surface area contributed by atoms with E-state index in [0.29, 0.717) is 12.5 Å². The molecular weight excluding hydrogens is 177 g/mol. The van der Waals surface area contributed by atoms with E-state index >= 15 is 0 Å². The van der Waals surface area contributed by atoms with Crippen molar-refractivity contribution in [2.75, 3.05) is 6.54 Å². The highest BCUT2D eigenvalue weighted by Gasteiger charge is 2.26. The molecule has 2 unspecified atom stereocenters. The maximum Gasteiger partial charge on any atom is 0.100 e. The van der Waals surface area contributed by atoms with E-state index in [1.54, 1.807) is 6.92 Å². The summed E-state index contributed by atoms with van der Waals surface area (Å²) in [6, 6.07) is 0. The molecule has 2 N–H and O–H groups in total. The molecule has 1 fully saturated rings. The Labute approximate surface area is 87.3 Å². The van der Waals surface area contributed by atoms with Crippen LogP contribution < -0.4 is 5.73 Å². The van der Waals surface area contributed by atoms with Crippen molar-refractivity contribution in [2.24, 2.45) is 17.6 Å². The van der Waals surface area contributed by atoms with E-state index in [1.165, 1.54) is 38.5 Å². The second-order valence-electron chi connectivity index (χ2n) is 4.67. The monoisotopic (exact) mass is 201 g/mol. The number of rotatable bonds is 4. The zero-order chi connectivity index (χ0) is 10.4. The molecule has 0 heterocycles. The van der Waals surface area contributed by atoms with Crippen LogP contribution >= 0.6 is 0 Å². The molecular formula is C12H24FN. The Morgan fingerprint density at radius 1 is 1.21 bits per heavy atom. The van der Waals surface area contributed by atoms with Gasteiger partial charge in [-0.3, -0.25) is 0 Å². The van der Waals surface area contributed by atoms with Gasteiger partial charge in [-0.25, -0.2) is 4.39 Å². The smallest absolute Gasteiger partial charge is 0.100 e. The van der Waals surface area contributed by atoms with Gasteiger partial charge < -0.3 is 5.73 Å². The molecule has 0 spiro atoms. The zero-order valence-corrected chi connectivity index (χ0v) is 9.34. The Balaban J connectivity index is 2.46. The SMILES string of the molecule is CC(F)C(CCN)C1CCCCCC1. The van der Waals surface area contributed by atoms with Crippen molar-refractivity contribution in [1.29, 1.82) is 0 Å². The van der Waals surface area contributed by atoms with Gasteiger partial charge >= 0.3 is 0 Å². The van der Waals surface area contributed by atoms with E-state index in [4.69, 9.17) is 5.73 Å². The van der Waals surface area contributed by atoms with Crippen molar-refractivity contribution in [3.63, 3.8) is 0 Å². The van der Waals surface area contributed by atoms with Gasteiger partial charge in [0.15, 0.2) is 0 Å². The van der Waals surface area contributed by atoms with E-state index in [-0.39, 0.29) is 5.92 Å². The third-order valence-electron chi connectivity index (χ3n) is 3.60. The molecule has 1 nitrogen and oxygen atoms in total. The minimum absolute atomic E-state index is 0.220. The molecule has 84 valence electrons. The Hall–Kier alpha value is -0.110. The first-order chi connectivity index (χ1) is 6.75. The van der Waals surface area contributed by atoms with E-state index in [1.807, 2.05) is 0 Å². The quantitative estimate of drug-likeness (QED) is 0.694. The van der Waals surface area contributed by atoms with Gasteiger partial charge in [0.05, 0.1) is 0 Å². The lowest BCUT2D eigenvalue weighted by Crippen LogP contribution is -2.25. The van der Waals surface area contributed by atoms with E-state index in [9.17, 15) is 4.39 Å². The third kappa shape index (κ3) is 3.56. The van der Waals surface area contributed by atoms with Gasteiger partial charge in [0.25, 0.3) is 0 Å². The number of alkyl halides is 1. The normalized spacial score (nSPS) is 24.2. The third-order valence-corrected chi connectivity index (χ3v) is 3.60. The molecule has 0 aromatic heterocycles. The molecule has 0 radical (unpaired) electrons. The van der Waals surface area contributed by atoms with E-state index in [0.717, 1.165) is 6.42 Å². The number of hydrogen-bond acceptors (Lipinski definition) is 1. The maximum absolute atomic E-state index is 13.4. The molecule has 0 aromatic rings. The van der Waals surface area contributed by atoms with Crippen LogP contribution in [0.2, 0.25) is 0 Å². The lowest BCUT2D eigenvalue weighted by Gasteiger charge is -2.27. The van der Waals surface area contributed by atoms with Crippen LogP contribution in [0.1, 0.15) is 51.9 Å². The summed E-state index contributed by atoms with van der Waals surface area (Å²) < 4.78 is 13.4. The summed E-state index contributed by atoms with van der Waals surface area (Å²) >= 11 is 0. The lowest BCUT2D eigenvalue weighted by atomic mass is 9.81. The Morgan fingerprint density at radius 2 is 1.79 bits per heavy atom. The zero-order valence-electron chi connectivity index (χ0n) is 9.34. The second kappa shape index (κ2) is 6.39. The number of nitrogens with two attached hydrogens (primary N) is 1. The Morgan fingerprint density at radius 3 is 2.21 bits per heavy atom. The van der Waals surface area contributed by atoms with Gasteiger partial charge in [0.2, 0.25) is 0 Å². The number of hydrogen-bond donors (Lipinski definition) is 1. The average Bonchev–Trinajstić information content (AvgIpc) is 2.41. The van der Waals surface area contributed by atoms with Crippen molar-refractivity contribution in [3.8, 4) is 0 Å². The molecule has 1 rings (SSSR count). The van der Waals surface area contributed by atoms with Crippen LogP contribution in [0, 0.1) is 11.8 Å². The van der Waals surface area contributed by atoms with Gasteiger partial charge in [0.1, 0.15) is 6.17 Å². The van der Waals surface area contributed by atoms with Crippen LogP contribution in [0.25, 0.3) is 0 Å². The molecule has 0 bridgehead atoms. The second-order valence-corrected chi connectivity index (χ2v) is 4.67. The molecule has 0 saturated heterocycles. The van der Waals surface area contributed by atoms with Crippen molar-refractivity contribution in [1.82, 2.24) is 0 Å². The highest BCUT2D eigenvalue weighted by molar-refractivity contribution is 4.77. The van der Waals surface area contributed by atoms with Crippen molar-refractivity contribution in [3.05, 3.63) is 0 Å². The molecule has 14 heavy (non-hydrogen) atoms. The largest absolute Gasteiger partial charge is 0.330 e. The Kier molecular flexibility index (Phi) is 5.46. The highest BCUT2D eigenvalue weighted by Crippen LogP contribution is 2.33. The standard InChI is InChI=1S/C12H24FN/c1-10(13)12(8-9-14)11-6-4-2-3-5-7-11/h10-12H,2-9,14H2,1H3. The highest BCUT2D eigenvalue weighted by atomic mass is 19.1. The van der Waals surface area contributed by atoms with Crippen LogP contribution in [-0.4, -0.2) is 12.7 Å². The van der Waals surface area contributed by atoms with Crippen molar-refractivity contribution >= 4 is 0 Å². The van der Waals surface area contributed by atoms with E-state index in [2.05, 4.69) is 0 Å². The van der Waals surface area contributed by atoms with Gasteiger partial charge in [-0.15, -0.1) is 0 Å². The number of halogens is 1. The van der Waals surface area contributed by atoms with Crippen molar-refractivity contribution in [2.45, 2.75) is 58.0 Å². The van der Waals surface area contributed by atoms with Crippen molar-refractivity contribution < 1.29 is 4.39 Å². The van der Waals surface area contributed by atoms with Crippen LogP contribution in [0.5, 0.6) is 0 Å². The summed E-state index contributed by atoms with van der Waals surface area (Å²) in [7, 11) is 0. The molecule has 2 atom stereocenters. The Bertz CT molecular complexity index is 139. The molecule has 1 saturated carbocycles. The summed E-state index contributed by atoms with van der Waals surface area (Å²) in [4.78, 5) is 0. The summed E-state index contributed by atoms with van der Waals surface area (Å²) in [6.07, 6.45) is 7.89. The average molecular weight is 201 g/mol. The summed E-state index contributed by atoms with van der Waals surface area (Å²) in [5.74, 6) is 0.819. The van der Waals surface area contributed by atoms with E-state index < -0.39 is 6.17 Å². The topological polar surface area (TPSA) is 26.0 Å². The molecule has 1 aliphatic rings. The predicted octanol–water partition coefficient (Wildman–Crippen LogP) is 3.28. The van der Waals surface area contributed by atoms with Crippen LogP contribution in [-0.2, 0) is 0 Å². The van der Waals surface area contributed by atoms with Crippen LogP contribution in [0.4, 0.5) is 4.39 Å². The van der Waals surface area contributed by atoms with Gasteiger partial charge in [0, 0.05) is 0 Å². The first-order valence-corrected chi connectivity index (χ1v) is 6.10. The minimum Gasteiger partial charge on any atom is -0.330 e. The maximum atomic E-state index is 13.4. The summed E-state index contributed by atoms with van der Waals surface area (Å²) in [5.41, 5.74) is 5.55. The van der Waals surface area contributed by atoms with Gasteiger partial charge in [-0.05, 0) is 31.7 Å². The predicted molar refractivity (Wildman–Crippen MR) is 58.9 cm³/mol. The minimum atomic E-state index is -0.679. The van der Waals surface area contributed by atoms with Gasteiger partial charge in [-0.1, -0.05) is 38.5 Å². The molecule has 2 heteroatoms. The molecule has 1 aliphatic carbocycles. The fourth-order valence-corrected chi connectivity index (χ4v) is 2.77. The first-order valence-electron chi connectivity index (χ1n) is 6.10. The molecule has 0 aliphatic heterocycles. The molecule has 0 aromatic carbocycles. The van der Waals surface area contributed by atoms with Crippen LogP contribution in [0.3, 0.4) is 0 Å². The first kappa shape index (κ1) is 12.0. The fraction of sp³-hybridized carbons (Fsp3) is 1.00. The molecule has 0 amide bonds. The lowest BCUT2D eigenvalue weighted by molar-refractivity contribution is 0.157.